The first kappa shape index (κ1) is 29.1. The SMILES string of the molecule is CC.CC(N)=O.CCn1c(=O)c(=CC(C)Nc2ccc(CCN3CCCC3)cc2)s/c1=C/C#N. The second kappa shape index (κ2) is 15.9. The molecule has 1 aromatic heterocycles. The maximum Gasteiger partial charge on any atom is 0.268 e. The maximum atomic E-state index is 12.5. The van der Waals surface area contributed by atoms with E-state index in [4.69, 9.17) is 5.26 Å². The Morgan fingerprint density at radius 2 is 1.85 bits per heavy atom. The number of carbonyl (C=O) groups is 1. The monoisotopic (exact) mass is 485 g/mol. The minimum absolute atomic E-state index is 0.0158. The summed E-state index contributed by atoms with van der Waals surface area (Å²) in [6, 6.07) is 10.6. The van der Waals surface area contributed by atoms with Crippen LogP contribution < -0.4 is 25.8 Å². The lowest BCUT2D eigenvalue weighted by atomic mass is 10.1. The Balaban J connectivity index is 0.000000872. The number of likely N-dealkylation sites (tertiary alicyclic amines) is 1. The van der Waals surface area contributed by atoms with E-state index in [2.05, 4.69) is 40.2 Å². The Labute approximate surface area is 207 Å². The maximum absolute atomic E-state index is 12.5. The van der Waals surface area contributed by atoms with Crippen LogP contribution in [0.1, 0.15) is 53.0 Å². The fourth-order valence-electron chi connectivity index (χ4n) is 3.60. The first-order valence-corrected chi connectivity index (χ1v) is 12.8. The number of nitrogens with one attached hydrogen (secondary N) is 1. The third-order valence-electron chi connectivity index (χ3n) is 5.11. The van der Waals surface area contributed by atoms with Crippen molar-refractivity contribution in [1.29, 1.82) is 5.26 Å². The fourth-order valence-corrected chi connectivity index (χ4v) is 4.73. The molecule has 0 radical (unpaired) electrons. The molecule has 8 heteroatoms. The average molecular weight is 486 g/mol. The highest BCUT2D eigenvalue weighted by atomic mass is 32.1. The van der Waals surface area contributed by atoms with Gasteiger partial charge in [0, 0.05) is 37.8 Å². The molecule has 1 unspecified atom stereocenters. The largest absolute Gasteiger partial charge is 0.379 e. The van der Waals surface area contributed by atoms with Gasteiger partial charge in [0.15, 0.2) is 0 Å². The number of carbonyl (C=O) groups excluding carboxylic acids is 1. The van der Waals surface area contributed by atoms with Crippen molar-refractivity contribution in [1.82, 2.24) is 9.47 Å². The summed E-state index contributed by atoms with van der Waals surface area (Å²) < 4.78 is 3.02. The molecule has 0 spiro atoms. The van der Waals surface area contributed by atoms with Crippen molar-refractivity contribution in [3.8, 4) is 6.07 Å². The van der Waals surface area contributed by atoms with E-state index in [-0.39, 0.29) is 17.5 Å². The molecule has 2 aromatic rings. The van der Waals surface area contributed by atoms with Crippen LogP contribution in [0.3, 0.4) is 0 Å². The third kappa shape index (κ3) is 9.94. The van der Waals surface area contributed by atoms with Gasteiger partial charge >= 0.3 is 0 Å². The van der Waals surface area contributed by atoms with Crippen LogP contribution in [0.15, 0.2) is 29.1 Å². The average Bonchev–Trinajstić information content (AvgIpc) is 3.43. The molecule has 1 saturated heterocycles. The lowest BCUT2D eigenvalue weighted by molar-refractivity contribution is -0.115. The molecule has 1 fully saturated rings. The van der Waals surface area contributed by atoms with Gasteiger partial charge in [0.1, 0.15) is 4.66 Å². The molecule has 1 aliphatic rings. The Hall–Kier alpha value is -2.89. The zero-order chi connectivity index (χ0) is 25.5. The van der Waals surface area contributed by atoms with Gasteiger partial charge in [0.25, 0.3) is 5.56 Å². The number of hydrogen-bond donors (Lipinski definition) is 2. The van der Waals surface area contributed by atoms with Crippen LogP contribution in [-0.4, -0.2) is 41.1 Å². The number of rotatable bonds is 7. The molecule has 1 amide bonds. The molecule has 0 saturated carbocycles. The minimum atomic E-state index is -0.333. The van der Waals surface area contributed by atoms with Crippen molar-refractivity contribution < 1.29 is 4.79 Å². The first-order chi connectivity index (χ1) is 16.3. The molecule has 0 bridgehead atoms. The topological polar surface area (TPSA) is 104 Å². The van der Waals surface area contributed by atoms with Gasteiger partial charge in [0.05, 0.1) is 10.6 Å². The molecule has 186 valence electrons. The van der Waals surface area contributed by atoms with Gasteiger partial charge < -0.3 is 16.0 Å². The number of hydrogen-bond acceptors (Lipinski definition) is 6. The summed E-state index contributed by atoms with van der Waals surface area (Å²) in [7, 11) is 0. The minimum Gasteiger partial charge on any atom is -0.379 e. The highest BCUT2D eigenvalue weighted by Crippen LogP contribution is 2.13. The number of thiazole rings is 1. The van der Waals surface area contributed by atoms with Crippen LogP contribution in [0.5, 0.6) is 0 Å². The Morgan fingerprint density at radius 3 is 2.38 bits per heavy atom. The third-order valence-corrected chi connectivity index (χ3v) is 6.18. The van der Waals surface area contributed by atoms with Crippen molar-refractivity contribution in [2.75, 3.05) is 25.0 Å². The van der Waals surface area contributed by atoms with Crippen molar-refractivity contribution in [3.63, 3.8) is 0 Å². The number of primary amides is 1. The van der Waals surface area contributed by atoms with Crippen LogP contribution in [0.4, 0.5) is 5.69 Å². The molecular formula is C26H39N5O2S. The number of amides is 1. The molecule has 3 rings (SSSR count). The van der Waals surface area contributed by atoms with Gasteiger partial charge in [-0.1, -0.05) is 26.0 Å². The van der Waals surface area contributed by atoms with Crippen molar-refractivity contribution in [3.05, 3.63) is 49.4 Å². The van der Waals surface area contributed by atoms with Crippen molar-refractivity contribution in [2.45, 2.75) is 66.5 Å². The Kier molecular flexibility index (Phi) is 13.6. The van der Waals surface area contributed by atoms with E-state index < -0.39 is 0 Å². The molecule has 34 heavy (non-hydrogen) atoms. The summed E-state index contributed by atoms with van der Waals surface area (Å²) >= 11 is 1.37. The van der Waals surface area contributed by atoms with Gasteiger partial charge in [-0.25, -0.2) is 0 Å². The van der Waals surface area contributed by atoms with Crippen molar-refractivity contribution >= 4 is 35.1 Å². The number of aromatic nitrogens is 1. The second-order valence-electron chi connectivity index (χ2n) is 7.83. The predicted molar refractivity (Wildman–Crippen MR) is 143 cm³/mol. The van der Waals surface area contributed by atoms with Crippen LogP contribution in [0.2, 0.25) is 0 Å². The van der Waals surface area contributed by atoms with Gasteiger partial charge in [-0.2, -0.15) is 5.26 Å². The zero-order valence-electron chi connectivity index (χ0n) is 21.1. The van der Waals surface area contributed by atoms with Gasteiger partial charge in [-0.3, -0.25) is 14.2 Å². The van der Waals surface area contributed by atoms with Crippen LogP contribution in [0.25, 0.3) is 12.2 Å². The fraction of sp³-hybridized carbons (Fsp3) is 0.500. The number of benzene rings is 1. The highest BCUT2D eigenvalue weighted by molar-refractivity contribution is 7.07. The molecule has 1 aromatic carbocycles. The van der Waals surface area contributed by atoms with Crippen molar-refractivity contribution in [2.24, 2.45) is 5.73 Å². The number of nitriles is 1. The van der Waals surface area contributed by atoms with Gasteiger partial charge in [0.2, 0.25) is 5.91 Å². The van der Waals surface area contributed by atoms with Gasteiger partial charge in [-0.05, 0) is 70.0 Å². The summed E-state index contributed by atoms with van der Waals surface area (Å²) in [6.45, 7) is 13.4. The summed E-state index contributed by atoms with van der Waals surface area (Å²) in [6.07, 6.45) is 7.13. The number of anilines is 1. The molecule has 1 aliphatic heterocycles. The first-order valence-electron chi connectivity index (χ1n) is 12.0. The smallest absolute Gasteiger partial charge is 0.268 e. The van der Waals surface area contributed by atoms with Gasteiger partial charge in [-0.15, -0.1) is 11.3 Å². The van der Waals surface area contributed by atoms with E-state index in [1.165, 1.54) is 55.8 Å². The number of nitrogens with zero attached hydrogens (tertiary/aromatic N) is 3. The molecule has 7 nitrogen and oxygen atoms in total. The standard InChI is InChI=1S/C22H28N4OS.C2H5NO.C2H6/c1-3-26-21(10-12-23)28-20(22(26)27)16-17(2)24-19-8-6-18(7-9-19)11-15-25-13-4-5-14-25;1-2(3)4;1-2/h6-10,16-17,24H,3-5,11,13-15H2,1-2H3;1H3,(H2,3,4);1-2H3/b20-16?,21-10+;;. The van der Waals surface area contributed by atoms with Crippen LogP contribution in [-0.2, 0) is 17.8 Å². The van der Waals surface area contributed by atoms with Crippen LogP contribution >= 0.6 is 11.3 Å². The highest BCUT2D eigenvalue weighted by Gasteiger charge is 2.11. The summed E-state index contributed by atoms with van der Waals surface area (Å²) in [5.41, 5.74) is 6.85. The Morgan fingerprint density at radius 1 is 1.26 bits per heavy atom. The molecule has 2 heterocycles. The summed E-state index contributed by atoms with van der Waals surface area (Å²) in [4.78, 5) is 24.2. The Bertz CT molecular complexity index is 1090. The predicted octanol–water partition coefficient (Wildman–Crippen LogP) is 2.67. The molecule has 3 N–H and O–H groups in total. The van der Waals surface area contributed by atoms with E-state index in [9.17, 15) is 9.59 Å². The number of nitrogens with two attached hydrogens (primary N) is 1. The molecular weight excluding hydrogens is 446 g/mol. The normalized spacial score (nSPS) is 14.9. The van der Waals surface area contributed by atoms with E-state index in [1.807, 2.05) is 39.8 Å². The van der Waals surface area contributed by atoms with Crippen LogP contribution in [0, 0.1) is 11.3 Å². The lowest BCUT2D eigenvalue weighted by Gasteiger charge is -2.15. The van der Waals surface area contributed by atoms with E-state index in [1.54, 1.807) is 4.57 Å². The zero-order valence-corrected chi connectivity index (χ0v) is 22.0. The summed E-state index contributed by atoms with van der Waals surface area (Å²) in [5.74, 6) is -0.333. The van der Waals surface area contributed by atoms with E-state index in [0.29, 0.717) is 15.7 Å². The van der Waals surface area contributed by atoms with E-state index >= 15 is 0 Å². The quantitative estimate of drug-likeness (QED) is 0.627. The summed E-state index contributed by atoms with van der Waals surface area (Å²) in [5, 5.41) is 12.3. The molecule has 1 atom stereocenters. The van der Waals surface area contributed by atoms with E-state index in [0.717, 1.165) is 18.7 Å². The molecule has 0 aliphatic carbocycles. The lowest BCUT2D eigenvalue weighted by Crippen LogP contribution is -2.31. The second-order valence-corrected chi connectivity index (χ2v) is 8.90.